The molecule has 1 aromatic rings. The van der Waals surface area contributed by atoms with Crippen molar-refractivity contribution in [3.05, 3.63) is 30.1 Å². The summed E-state index contributed by atoms with van der Waals surface area (Å²) < 4.78 is 0. The Hall–Kier alpha value is -0.890. The number of hydrogen-bond acceptors (Lipinski definition) is 2. The Balaban J connectivity index is 2.63. The first kappa shape index (κ1) is 11.2. The molecule has 0 aliphatic heterocycles. The lowest BCUT2D eigenvalue weighted by Gasteiger charge is -2.19. The number of nitrogens with one attached hydrogen (secondary N) is 1. The maximum absolute atomic E-state index is 4.03. The van der Waals surface area contributed by atoms with E-state index in [1.54, 1.807) is 0 Å². The highest BCUT2D eigenvalue weighted by molar-refractivity contribution is 5.14. The highest BCUT2D eigenvalue weighted by atomic mass is 14.9. The van der Waals surface area contributed by atoms with Crippen LogP contribution in [0.15, 0.2) is 24.5 Å². The topological polar surface area (TPSA) is 24.9 Å². The smallest absolute Gasteiger partial charge is 0.0321 e. The molecule has 0 bridgehead atoms. The maximum Gasteiger partial charge on any atom is 0.0321 e. The molecule has 2 heteroatoms. The Kier molecular flexibility index (Phi) is 4.60. The second-order valence-corrected chi connectivity index (χ2v) is 3.87. The molecule has 0 amide bonds. The van der Waals surface area contributed by atoms with E-state index in [2.05, 4.69) is 36.3 Å². The average molecular weight is 192 g/mol. The van der Waals surface area contributed by atoms with Gasteiger partial charge in [-0.1, -0.05) is 20.3 Å². The Morgan fingerprint density at radius 3 is 2.50 bits per heavy atom. The van der Waals surface area contributed by atoms with Crippen LogP contribution in [0.3, 0.4) is 0 Å². The van der Waals surface area contributed by atoms with Crippen molar-refractivity contribution in [3.63, 3.8) is 0 Å². The van der Waals surface area contributed by atoms with E-state index >= 15 is 0 Å². The molecule has 0 aliphatic rings. The molecule has 1 aromatic heterocycles. The van der Waals surface area contributed by atoms with Gasteiger partial charge in [-0.15, -0.1) is 0 Å². The molecule has 0 radical (unpaired) electrons. The van der Waals surface area contributed by atoms with Crippen LogP contribution in [0.25, 0.3) is 0 Å². The van der Waals surface area contributed by atoms with Gasteiger partial charge >= 0.3 is 0 Å². The summed E-state index contributed by atoms with van der Waals surface area (Å²) in [6.45, 7) is 4.54. The minimum atomic E-state index is 0.466. The SMILES string of the molecule is CCC(C)CC(NC)c1ccncc1. The molecule has 0 saturated heterocycles. The van der Waals surface area contributed by atoms with Gasteiger partial charge in [0.2, 0.25) is 0 Å². The molecule has 0 aromatic carbocycles. The quantitative estimate of drug-likeness (QED) is 0.776. The first-order chi connectivity index (χ1) is 6.77. The van der Waals surface area contributed by atoms with Crippen molar-refractivity contribution < 1.29 is 0 Å². The van der Waals surface area contributed by atoms with Crippen LogP contribution in [-0.2, 0) is 0 Å². The van der Waals surface area contributed by atoms with Gasteiger partial charge in [0.1, 0.15) is 0 Å². The summed E-state index contributed by atoms with van der Waals surface area (Å²) in [6, 6.07) is 4.64. The van der Waals surface area contributed by atoms with Crippen molar-refractivity contribution in [1.29, 1.82) is 0 Å². The summed E-state index contributed by atoms with van der Waals surface area (Å²) in [5, 5.41) is 3.36. The van der Waals surface area contributed by atoms with Crippen LogP contribution in [0.2, 0.25) is 0 Å². The molecule has 2 atom stereocenters. The Labute approximate surface area is 86.8 Å². The van der Waals surface area contributed by atoms with Gasteiger partial charge in [0.25, 0.3) is 0 Å². The summed E-state index contributed by atoms with van der Waals surface area (Å²) in [5.41, 5.74) is 1.34. The number of aromatic nitrogens is 1. The standard InChI is InChI=1S/C12H20N2/c1-4-10(2)9-12(13-3)11-5-7-14-8-6-11/h5-8,10,12-13H,4,9H2,1-3H3. The van der Waals surface area contributed by atoms with Gasteiger partial charge < -0.3 is 5.32 Å². The summed E-state index contributed by atoms with van der Waals surface area (Å²) in [6.07, 6.45) is 6.15. The van der Waals surface area contributed by atoms with Gasteiger partial charge in [0, 0.05) is 18.4 Å². The normalized spacial score (nSPS) is 15.1. The largest absolute Gasteiger partial charge is 0.313 e. The third-order valence-electron chi connectivity index (χ3n) is 2.79. The summed E-state index contributed by atoms with van der Waals surface area (Å²) in [4.78, 5) is 4.03. The van der Waals surface area contributed by atoms with Gasteiger partial charge in [0.15, 0.2) is 0 Å². The molecule has 1 N–H and O–H groups in total. The Morgan fingerprint density at radius 2 is 2.00 bits per heavy atom. The van der Waals surface area contributed by atoms with E-state index in [1.165, 1.54) is 18.4 Å². The van der Waals surface area contributed by atoms with Crippen molar-refractivity contribution in [2.24, 2.45) is 5.92 Å². The third kappa shape index (κ3) is 3.11. The lowest BCUT2D eigenvalue weighted by atomic mass is 9.95. The zero-order valence-electron chi connectivity index (χ0n) is 9.33. The lowest BCUT2D eigenvalue weighted by Crippen LogP contribution is -2.18. The van der Waals surface area contributed by atoms with Gasteiger partial charge in [-0.2, -0.15) is 0 Å². The predicted molar refractivity (Wildman–Crippen MR) is 60.1 cm³/mol. The molecule has 0 saturated carbocycles. The van der Waals surface area contributed by atoms with E-state index in [0.29, 0.717) is 6.04 Å². The average Bonchev–Trinajstić information content (AvgIpc) is 2.26. The molecular weight excluding hydrogens is 172 g/mol. The molecule has 2 unspecified atom stereocenters. The van der Waals surface area contributed by atoms with Crippen LogP contribution >= 0.6 is 0 Å². The van der Waals surface area contributed by atoms with Crippen molar-refractivity contribution in [3.8, 4) is 0 Å². The van der Waals surface area contributed by atoms with Crippen LogP contribution in [0.5, 0.6) is 0 Å². The van der Waals surface area contributed by atoms with E-state index < -0.39 is 0 Å². The summed E-state index contributed by atoms with van der Waals surface area (Å²) in [5.74, 6) is 0.764. The molecule has 2 nitrogen and oxygen atoms in total. The van der Waals surface area contributed by atoms with Crippen molar-refractivity contribution >= 4 is 0 Å². The van der Waals surface area contributed by atoms with E-state index in [4.69, 9.17) is 0 Å². The molecule has 0 aliphatic carbocycles. The van der Waals surface area contributed by atoms with E-state index in [9.17, 15) is 0 Å². The zero-order valence-corrected chi connectivity index (χ0v) is 9.33. The monoisotopic (exact) mass is 192 g/mol. The van der Waals surface area contributed by atoms with Crippen LogP contribution < -0.4 is 5.32 Å². The molecule has 0 fully saturated rings. The lowest BCUT2D eigenvalue weighted by molar-refractivity contribution is 0.422. The summed E-state index contributed by atoms with van der Waals surface area (Å²) in [7, 11) is 2.02. The van der Waals surface area contributed by atoms with Gasteiger partial charge in [-0.25, -0.2) is 0 Å². The fraction of sp³-hybridized carbons (Fsp3) is 0.583. The van der Waals surface area contributed by atoms with Crippen molar-refractivity contribution in [1.82, 2.24) is 10.3 Å². The van der Waals surface area contributed by atoms with E-state index in [-0.39, 0.29) is 0 Å². The predicted octanol–water partition coefficient (Wildman–Crippen LogP) is 2.78. The zero-order chi connectivity index (χ0) is 10.4. The van der Waals surface area contributed by atoms with E-state index in [0.717, 1.165) is 5.92 Å². The Bertz CT molecular complexity index is 246. The fourth-order valence-corrected chi connectivity index (χ4v) is 1.59. The van der Waals surface area contributed by atoms with E-state index in [1.807, 2.05) is 19.4 Å². The minimum absolute atomic E-state index is 0.466. The van der Waals surface area contributed by atoms with Gasteiger partial charge in [-0.3, -0.25) is 4.98 Å². The molecule has 78 valence electrons. The van der Waals surface area contributed by atoms with Crippen molar-refractivity contribution in [2.75, 3.05) is 7.05 Å². The fourth-order valence-electron chi connectivity index (χ4n) is 1.59. The van der Waals surface area contributed by atoms with Crippen LogP contribution in [0.4, 0.5) is 0 Å². The van der Waals surface area contributed by atoms with Crippen molar-refractivity contribution in [2.45, 2.75) is 32.7 Å². The molecule has 1 rings (SSSR count). The highest BCUT2D eigenvalue weighted by Crippen LogP contribution is 2.21. The molecular formula is C12H20N2. The second kappa shape index (κ2) is 5.76. The molecule has 0 spiro atoms. The van der Waals surface area contributed by atoms with Crippen LogP contribution in [-0.4, -0.2) is 12.0 Å². The molecule has 14 heavy (non-hydrogen) atoms. The third-order valence-corrected chi connectivity index (χ3v) is 2.79. The number of rotatable bonds is 5. The molecule has 1 heterocycles. The number of pyridine rings is 1. The summed E-state index contributed by atoms with van der Waals surface area (Å²) >= 11 is 0. The van der Waals surface area contributed by atoms with Crippen LogP contribution in [0, 0.1) is 5.92 Å². The maximum atomic E-state index is 4.03. The first-order valence-electron chi connectivity index (χ1n) is 5.35. The number of nitrogens with zero attached hydrogens (tertiary/aromatic N) is 1. The van der Waals surface area contributed by atoms with Crippen LogP contribution in [0.1, 0.15) is 38.3 Å². The highest BCUT2D eigenvalue weighted by Gasteiger charge is 2.11. The number of hydrogen-bond donors (Lipinski definition) is 1. The Morgan fingerprint density at radius 1 is 1.36 bits per heavy atom. The van der Waals surface area contributed by atoms with Gasteiger partial charge in [0.05, 0.1) is 0 Å². The second-order valence-electron chi connectivity index (χ2n) is 3.87. The minimum Gasteiger partial charge on any atom is -0.313 e. The first-order valence-corrected chi connectivity index (χ1v) is 5.35. The van der Waals surface area contributed by atoms with Gasteiger partial charge in [-0.05, 0) is 37.1 Å².